The van der Waals surface area contributed by atoms with E-state index in [1.54, 1.807) is 7.11 Å². The largest absolute Gasteiger partial charge is 0.530 e. The third kappa shape index (κ3) is 2.83. The van der Waals surface area contributed by atoms with E-state index in [4.69, 9.17) is 4.74 Å². The number of anilines is 1. The normalized spacial score (nSPS) is 10.7. The summed E-state index contributed by atoms with van der Waals surface area (Å²) in [6, 6.07) is 15.2. The summed E-state index contributed by atoms with van der Waals surface area (Å²) >= 11 is 0. The van der Waals surface area contributed by atoms with Gasteiger partial charge in [0.05, 0.1) is 24.7 Å². The number of hydrogen-bond donors (Lipinski definition) is 0. The summed E-state index contributed by atoms with van der Waals surface area (Å²) in [5, 5.41) is 11.2. The SMILES string of the molecule is COc1cccc(Cn2c(N(C)C(=O)[O-])nc3ccccc32)c1. The summed E-state index contributed by atoms with van der Waals surface area (Å²) in [6.45, 7) is 0.477. The molecule has 0 aliphatic rings. The van der Waals surface area contributed by atoms with E-state index in [2.05, 4.69) is 4.98 Å². The molecule has 3 rings (SSSR count). The lowest BCUT2D eigenvalue weighted by Crippen LogP contribution is -2.39. The van der Waals surface area contributed by atoms with Crippen molar-refractivity contribution in [3.63, 3.8) is 0 Å². The van der Waals surface area contributed by atoms with Crippen molar-refractivity contribution in [1.82, 2.24) is 9.55 Å². The monoisotopic (exact) mass is 310 g/mol. The molecule has 0 spiro atoms. The van der Waals surface area contributed by atoms with Crippen LogP contribution in [0.2, 0.25) is 0 Å². The molecule has 6 nitrogen and oxygen atoms in total. The smallest absolute Gasteiger partial charge is 0.212 e. The van der Waals surface area contributed by atoms with Gasteiger partial charge in [0.2, 0.25) is 5.95 Å². The fourth-order valence-electron chi connectivity index (χ4n) is 2.51. The van der Waals surface area contributed by atoms with Crippen LogP contribution in [0.25, 0.3) is 11.0 Å². The number of imidazole rings is 1. The molecule has 118 valence electrons. The molecule has 0 fully saturated rings. The Kier molecular flexibility index (Phi) is 3.89. The number of carbonyl (C=O) groups is 1. The zero-order valence-corrected chi connectivity index (χ0v) is 12.9. The van der Waals surface area contributed by atoms with E-state index in [0.717, 1.165) is 27.2 Å². The maximum absolute atomic E-state index is 11.2. The molecule has 0 aliphatic carbocycles. The first-order valence-corrected chi connectivity index (χ1v) is 7.13. The topological polar surface area (TPSA) is 70.4 Å². The van der Waals surface area contributed by atoms with Gasteiger partial charge in [0.25, 0.3) is 0 Å². The highest BCUT2D eigenvalue weighted by atomic mass is 16.5. The van der Waals surface area contributed by atoms with Gasteiger partial charge in [0, 0.05) is 7.05 Å². The van der Waals surface area contributed by atoms with Crippen molar-refractivity contribution in [1.29, 1.82) is 0 Å². The predicted molar refractivity (Wildman–Crippen MR) is 85.6 cm³/mol. The molecule has 0 unspecified atom stereocenters. The number of carbonyl (C=O) groups excluding carboxylic acids is 1. The number of fused-ring (bicyclic) bond motifs is 1. The lowest BCUT2D eigenvalue weighted by molar-refractivity contribution is -0.246. The van der Waals surface area contributed by atoms with E-state index in [1.807, 2.05) is 53.1 Å². The van der Waals surface area contributed by atoms with Crippen LogP contribution in [0.1, 0.15) is 5.56 Å². The molecule has 3 aromatic rings. The molecule has 1 amide bonds. The van der Waals surface area contributed by atoms with E-state index in [9.17, 15) is 9.90 Å². The van der Waals surface area contributed by atoms with Crippen LogP contribution in [0.3, 0.4) is 0 Å². The van der Waals surface area contributed by atoms with Gasteiger partial charge in [-0.05, 0) is 29.8 Å². The van der Waals surface area contributed by atoms with Gasteiger partial charge in [-0.2, -0.15) is 0 Å². The summed E-state index contributed by atoms with van der Waals surface area (Å²) in [6.07, 6.45) is -1.30. The molecule has 0 atom stereocenters. The Hall–Kier alpha value is -3.02. The number of amides is 1. The first kappa shape index (κ1) is 14.9. The van der Waals surface area contributed by atoms with Crippen molar-refractivity contribution in [2.45, 2.75) is 6.54 Å². The van der Waals surface area contributed by atoms with Crippen LogP contribution < -0.4 is 14.7 Å². The number of benzene rings is 2. The third-order valence-electron chi connectivity index (χ3n) is 3.68. The van der Waals surface area contributed by atoms with Crippen LogP contribution in [0, 0.1) is 0 Å². The number of para-hydroxylation sites is 2. The zero-order valence-electron chi connectivity index (χ0n) is 12.9. The van der Waals surface area contributed by atoms with E-state index in [-0.39, 0.29) is 0 Å². The van der Waals surface area contributed by atoms with Crippen LogP contribution in [0.5, 0.6) is 5.75 Å². The van der Waals surface area contributed by atoms with Gasteiger partial charge < -0.3 is 24.1 Å². The first-order valence-electron chi connectivity index (χ1n) is 7.13. The van der Waals surface area contributed by atoms with E-state index < -0.39 is 6.09 Å². The molecule has 23 heavy (non-hydrogen) atoms. The molecule has 1 aromatic heterocycles. The minimum atomic E-state index is -1.30. The minimum Gasteiger partial charge on any atom is -0.530 e. The highest BCUT2D eigenvalue weighted by Crippen LogP contribution is 2.24. The molecule has 0 saturated heterocycles. The Bertz CT molecular complexity index is 857. The van der Waals surface area contributed by atoms with Crippen molar-refractivity contribution in [2.75, 3.05) is 19.1 Å². The summed E-state index contributed by atoms with van der Waals surface area (Å²) < 4.78 is 7.09. The van der Waals surface area contributed by atoms with Gasteiger partial charge in [-0.1, -0.05) is 24.3 Å². The van der Waals surface area contributed by atoms with Gasteiger partial charge >= 0.3 is 0 Å². The molecular weight excluding hydrogens is 294 g/mol. The molecule has 0 radical (unpaired) electrons. The molecule has 2 aromatic carbocycles. The number of carboxylic acid groups (broad SMARTS) is 1. The maximum atomic E-state index is 11.2. The Morgan fingerprint density at radius 3 is 2.78 bits per heavy atom. The quantitative estimate of drug-likeness (QED) is 0.737. The van der Waals surface area contributed by atoms with Gasteiger partial charge in [0.15, 0.2) is 0 Å². The minimum absolute atomic E-state index is 0.328. The number of rotatable bonds is 4. The molecule has 6 heteroatoms. The summed E-state index contributed by atoms with van der Waals surface area (Å²) in [4.78, 5) is 16.6. The Morgan fingerprint density at radius 1 is 1.26 bits per heavy atom. The molecule has 0 bridgehead atoms. The van der Waals surface area contributed by atoms with Gasteiger partial charge in [-0.25, -0.2) is 4.98 Å². The average Bonchev–Trinajstić information content (AvgIpc) is 2.93. The van der Waals surface area contributed by atoms with Gasteiger partial charge in [0.1, 0.15) is 11.8 Å². The van der Waals surface area contributed by atoms with E-state index >= 15 is 0 Å². The number of hydrogen-bond acceptors (Lipinski definition) is 4. The number of aromatic nitrogens is 2. The standard InChI is InChI=1S/C17H17N3O3/c1-19(17(21)22)16-18-14-8-3-4-9-15(14)20(16)11-12-6-5-7-13(10-12)23-2/h3-10H,11H2,1-2H3,(H,21,22)/p-1. The van der Waals surface area contributed by atoms with Crippen molar-refractivity contribution < 1.29 is 14.6 Å². The molecular formula is C17H16N3O3-. The van der Waals surface area contributed by atoms with Crippen molar-refractivity contribution in [3.8, 4) is 5.75 Å². The summed E-state index contributed by atoms with van der Waals surface area (Å²) in [5.74, 6) is 1.08. The van der Waals surface area contributed by atoms with Crippen molar-refractivity contribution in [2.24, 2.45) is 0 Å². The van der Waals surface area contributed by atoms with Crippen LogP contribution in [0.4, 0.5) is 10.7 Å². The lowest BCUT2D eigenvalue weighted by Gasteiger charge is -2.20. The van der Waals surface area contributed by atoms with Gasteiger partial charge in [-0.3, -0.25) is 0 Å². The molecule has 1 heterocycles. The summed E-state index contributed by atoms with van der Waals surface area (Å²) in [5.41, 5.74) is 2.58. The van der Waals surface area contributed by atoms with E-state index in [1.165, 1.54) is 7.05 Å². The lowest BCUT2D eigenvalue weighted by atomic mass is 10.2. The fourth-order valence-corrected chi connectivity index (χ4v) is 2.51. The van der Waals surface area contributed by atoms with Crippen molar-refractivity contribution in [3.05, 3.63) is 54.1 Å². The molecule has 0 saturated carbocycles. The van der Waals surface area contributed by atoms with Crippen molar-refractivity contribution >= 4 is 23.1 Å². The number of nitrogens with zero attached hydrogens (tertiary/aromatic N) is 3. The highest BCUT2D eigenvalue weighted by molar-refractivity contribution is 5.86. The fraction of sp³-hybridized carbons (Fsp3) is 0.176. The second kappa shape index (κ2) is 6.00. The third-order valence-corrected chi connectivity index (χ3v) is 3.68. The van der Waals surface area contributed by atoms with Crippen LogP contribution in [-0.4, -0.2) is 29.8 Å². The Labute approximate surface area is 133 Å². The second-order valence-electron chi connectivity index (χ2n) is 5.16. The molecule has 0 aliphatic heterocycles. The average molecular weight is 310 g/mol. The number of ether oxygens (including phenoxy) is 1. The number of methoxy groups -OCH3 is 1. The summed E-state index contributed by atoms with van der Waals surface area (Å²) in [7, 11) is 3.04. The zero-order chi connectivity index (χ0) is 16.4. The molecule has 0 N–H and O–H groups in total. The van der Waals surface area contributed by atoms with E-state index in [0.29, 0.717) is 12.5 Å². The van der Waals surface area contributed by atoms with Gasteiger partial charge in [-0.15, -0.1) is 0 Å². The second-order valence-corrected chi connectivity index (χ2v) is 5.16. The van der Waals surface area contributed by atoms with Crippen LogP contribution in [0.15, 0.2) is 48.5 Å². The van der Waals surface area contributed by atoms with Crippen LogP contribution in [-0.2, 0) is 6.54 Å². The maximum Gasteiger partial charge on any atom is 0.212 e. The highest BCUT2D eigenvalue weighted by Gasteiger charge is 2.15. The predicted octanol–water partition coefficient (Wildman–Crippen LogP) is 1.87. The Balaban J connectivity index is 2.10. The van der Waals surface area contributed by atoms with Crippen LogP contribution >= 0.6 is 0 Å². The first-order chi connectivity index (χ1) is 11.1. The Morgan fingerprint density at radius 2 is 2.04 bits per heavy atom.